The molecule has 1 aliphatic heterocycles. The van der Waals surface area contributed by atoms with Gasteiger partial charge in [-0.3, -0.25) is 14.9 Å². The van der Waals surface area contributed by atoms with E-state index in [1.54, 1.807) is 0 Å². The molecule has 1 atom stereocenters. The first-order valence-electron chi connectivity index (χ1n) is 5.97. The van der Waals surface area contributed by atoms with Gasteiger partial charge in [0, 0.05) is 23.2 Å². The summed E-state index contributed by atoms with van der Waals surface area (Å²) in [5.74, 6) is -1.62. The SMILES string of the molecule is O=C(O)C1CN(C(=O)c2cc([N+](=O)[O-])ccc2Br)CCO1. The molecule has 1 heterocycles. The third kappa shape index (κ3) is 3.37. The number of amides is 1. The van der Waals surface area contributed by atoms with Crippen LogP contribution in [-0.2, 0) is 9.53 Å². The van der Waals surface area contributed by atoms with Crippen molar-refractivity contribution >= 4 is 33.5 Å². The Morgan fingerprint density at radius 2 is 2.19 bits per heavy atom. The van der Waals surface area contributed by atoms with Crippen molar-refractivity contribution in [3.8, 4) is 0 Å². The third-order valence-corrected chi connectivity index (χ3v) is 3.71. The Morgan fingerprint density at radius 1 is 1.48 bits per heavy atom. The van der Waals surface area contributed by atoms with Crippen molar-refractivity contribution < 1.29 is 24.4 Å². The number of non-ortho nitro benzene ring substituents is 1. The summed E-state index contributed by atoms with van der Waals surface area (Å²) in [6.07, 6.45) is -1.08. The van der Waals surface area contributed by atoms with E-state index >= 15 is 0 Å². The summed E-state index contributed by atoms with van der Waals surface area (Å²) >= 11 is 3.17. The summed E-state index contributed by atoms with van der Waals surface area (Å²) < 4.78 is 5.45. The summed E-state index contributed by atoms with van der Waals surface area (Å²) in [5, 5.41) is 19.7. The molecule has 1 amide bonds. The second-order valence-corrected chi connectivity index (χ2v) is 5.22. The van der Waals surface area contributed by atoms with Crippen molar-refractivity contribution in [2.75, 3.05) is 19.7 Å². The molecule has 0 spiro atoms. The zero-order valence-electron chi connectivity index (χ0n) is 10.7. The van der Waals surface area contributed by atoms with E-state index in [1.807, 2.05) is 0 Å². The van der Waals surface area contributed by atoms with Crippen LogP contribution < -0.4 is 0 Å². The van der Waals surface area contributed by atoms with Crippen molar-refractivity contribution in [1.29, 1.82) is 0 Å². The number of carboxylic acid groups (broad SMARTS) is 1. The molecule has 0 aromatic heterocycles. The lowest BCUT2D eigenvalue weighted by Gasteiger charge is -2.31. The molecule has 8 nitrogen and oxygen atoms in total. The molecule has 0 saturated carbocycles. The average molecular weight is 359 g/mol. The van der Waals surface area contributed by atoms with Gasteiger partial charge in [-0.1, -0.05) is 0 Å². The number of carboxylic acids is 1. The number of hydrogen-bond donors (Lipinski definition) is 1. The second-order valence-electron chi connectivity index (χ2n) is 4.37. The van der Waals surface area contributed by atoms with Crippen LogP contribution in [-0.4, -0.2) is 52.6 Å². The van der Waals surface area contributed by atoms with Gasteiger partial charge in [0.2, 0.25) is 0 Å². The van der Waals surface area contributed by atoms with Crippen molar-refractivity contribution in [2.45, 2.75) is 6.10 Å². The monoisotopic (exact) mass is 358 g/mol. The summed E-state index contributed by atoms with van der Waals surface area (Å²) in [6.45, 7) is 0.246. The van der Waals surface area contributed by atoms with E-state index in [4.69, 9.17) is 9.84 Å². The molecule has 21 heavy (non-hydrogen) atoms. The normalized spacial score (nSPS) is 18.3. The van der Waals surface area contributed by atoms with E-state index < -0.39 is 22.9 Å². The van der Waals surface area contributed by atoms with Crippen LogP contribution >= 0.6 is 15.9 Å². The van der Waals surface area contributed by atoms with Gasteiger partial charge in [-0.05, 0) is 22.0 Å². The fourth-order valence-corrected chi connectivity index (χ4v) is 2.36. The molecule has 9 heteroatoms. The number of aliphatic carboxylic acids is 1. The number of hydrogen-bond acceptors (Lipinski definition) is 5. The number of halogens is 1. The highest BCUT2D eigenvalue weighted by molar-refractivity contribution is 9.10. The van der Waals surface area contributed by atoms with Crippen LogP contribution in [0.4, 0.5) is 5.69 Å². The number of nitrogens with zero attached hydrogens (tertiary/aromatic N) is 2. The minimum atomic E-state index is -1.15. The van der Waals surface area contributed by atoms with Crippen molar-refractivity contribution in [2.24, 2.45) is 0 Å². The van der Waals surface area contributed by atoms with Gasteiger partial charge >= 0.3 is 5.97 Å². The summed E-state index contributed by atoms with van der Waals surface area (Å²) in [5.41, 5.74) is -0.0835. The van der Waals surface area contributed by atoms with Crippen LogP contribution in [0.5, 0.6) is 0 Å². The van der Waals surface area contributed by atoms with E-state index in [0.29, 0.717) is 4.47 Å². The van der Waals surface area contributed by atoms with Crippen LogP contribution in [0.3, 0.4) is 0 Å². The standard InChI is InChI=1S/C12H11BrN2O6/c13-9-2-1-7(15(19)20)5-8(9)11(16)14-3-4-21-10(6-14)12(17)18/h1-2,5,10H,3-4,6H2,(H,17,18). The molecule has 1 aromatic carbocycles. The second kappa shape index (κ2) is 6.19. The summed E-state index contributed by atoms with van der Waals surface area (Å²) in [6, 6.07) is 3.86. The van der Waals surface area contributed by atoms with Crippen LogP contribution in [0.2, 0.25) is 0 Å². The molecule has 1 N–H and O–H groups in total. The highest BCUT2D eigenvalue weighted by Gasteiger charge is 2.30. The Kier molecular flexibility index (Phi) is 4.53. The Hall–Kier alpha value is -2.00. The first kappa shape index (κ1) is 15.4. The lowest BCUT2D eigenvalue weighted by Crippen LogP contribution is -2.48. The van der Waals surface area contributed by atoms with Gasteiger partial charge in [0.15, 0.2) is 6.10 Å². The van der Waals surface area contributed by atoms with E-state index in [-0.39, 0.29) is 30.9 Å². The summed E-state index contributed by atoms with van der Waals surface area (Å²) in [7, 11) is 0. The molecule has 1 fully saturated rings. The Labute approximate surface area is 127 Å². The highest BCUT2D eigenvalue weighted by Crippen LogP contribution is 2.24. The average Bonchev–Trinajstić information content (AvgIpc) is 2.47. The predicted octanol–water partition coefficient (Wildman–Crippen LogP) is 1.28. The molecule has 112 valence electrons. The van der Waals surface area contributed by atoms with Gasteiger partial charge in [-0.25, -0.2) is 4.79 Å². The first-order chi connectivity index (χ1) is 9.90. The van der Waals surface area contributed by atoms with Crippen molar-refractivity contribution in [3.63, 3.8) is 0 Å². The van der Waals surface area contributed by atoms with Gasteiger partial charge in [0.25, 0.3) is 11.6 Å². The van der Waals surface area contributed by atoms with Crippen molar-refractivity contribution in [3.05, 3.63) is 38.3 Å². The highest BCUT2D eigenvalue weighted by atomic mass is 79.9. The molecule has 1 aliphatic rings. The fraction of sp³-hybridized carbons (Fsp3) is 0.333. The van der Waals surface area contributed by atoms with Crippen LogP contribution in [0.15, 0.2) is 22.7 Å². The number of rotatable bonds is 3. The van der Waals surface area contributed by atoms with Gasteiger partial charge in [0.1, 0.15) is 0 Å². The van der Waals surface area contributed by atoms with Gasteiger partial charge in [-0.15, -0.1) is 0 Å². The molecular weight excluding hydrogens is 348 g/mol. The van der Waals surface area contributed by atoms with E-state index in [1.165, 1.54) is 17.0 Å². The molecule has 1 saturated heterocycles. The fourth-order valence-electron chi connectivity index (χ4n) is 1.94. The van der Waals surface area contributed by atoms with Gasteiger partial charge in [0.05, 0.1) is 23.6 Å². The Balaban J connectivity index is 2.25. The molecule has 0 radical (unpaired) electrons. The largest absolute Gasteiger partial charge is 0.479 e. The van der Waals surface area contributed by atoms with Gasteiger partial charge in [-0.2, -0.15) is 0 Å². The number of nitro groups is 1. The number of nitro benzene ring substituents is 1. The quantitative estimate of drug-likeness (QED) is 0.643. The lowest BCUT2D eigenvalue weighted by molar-refractivity contribution is -0.384. The summed E-state index contributed by atoms with van der Waals surface area (Å²) in [4.78, 5) is 34.8. The minimum Gasteiger partial charge on any atom is -0.479 e. The number of carbonyl (C=O) groups excluding carboxylic acids is 1. The van der Waals surface area contributed by atoms with E-state index in [0.717, 1.165) is 6.07 Å². The maximum absolute atomic E-state index is 12.4. The molecule has 1 unspecified atom stereocenters. The zero-order valence-corrected chi connectivity index (χ0v) is 12.3. The Bertz CT molecular complexity index is 605. The number of ether oxygens (including phenoxy) is 1. The molecule has 1 aromatic rings. The molecule has 0 bridgehead atoms. The van der Waals surface area contributed by atoms with E-state index in [2.05, 4.69) is 15.9 Å². The topological polar surface area (TPSA) is 110 Å². The maximum atomic E-state index is 12.4. The van der Waals surface area contributed by atoms with Crippen LogP contribution in [0.1, 0.15) is 10.4 Å². The third-order valence-electron chi connectivity index (χ3n) is 3.02. The maximum Gasteiger partial charge on any atom is 0.334 e. The van der Waals surface area contributed by atoms with Gasteiger partial charge < -0.3 is 14.7 Å². The van der Waals surface area contributed by atoms with Crippen LogP contribution in [0.25, 0.3) is 0 Å². The number of benzene rings is 1. The molecule has 0 aliphatic carbocycles. The molecule has 2 rings (SSSR count). The molecular formula is C12H11BrN2O6. The number of carbonyl (C=O) groups is 2. The van der Waals surface area contributed by atoms with Crippen molar-refractivity contribution in [1.82, 2.24) is 4.90 Å². The lowest BCUT2D eigenvalue weighted by atomic mass is 10.1. The van der Waals surface area contributed by atoms with E-state index in [9.17, 15) is 19.7 Å². The first-order valence-corrected chi connectivity index (χ1v) is 6.77. The number of morpholine rings is 1. The zero-order chi connectivity index (χ0) is 15.6. The van der Waals surface area contributed by atoms with Crippen LogP contribution in [0, 0.1) is 10.1 Å². The smallest absolute Gasteiger partial charge is 0.334 e. The Morgan fingerprint density at radius 3 is 2.81 bits per heavy atom. The minimum absolute atomic E-state index is 0.0939. The predicted molar refractivity (Wildman–Crippen MR) is 74.1 cm³/mol.